The Morgan fingerprint density at radius 3 is 2.78 bits per heavy atom. The Bertz CT molecular complexity index is 181. The topological polar surface area (TPSA) is 20.2 Å². The lowest BCUT2D eigenvalue weighted by Crippen LogP contribution is -1.79. The van der Waals surface area contributed by atoms with Crippen molar-refractivity contribution in [2.75, 3.05) is 0 Å². The van der Waals surface area contributed by atoms with E-state index in [9.17, 15) is 0 Å². The number of halogens is 1. The summed E-state index contributed by atoms with van der Waals surface area (Å²) in [4.78, 5) is 0. The van der Waals surface area contributed by atoms with E-state index >= 15 is 0 Å². The van der Waals surface area contributed by atoms with E-state index in [1.807, 2.05) is 0 Å². The van der Waals surface area contributed by atoms with Crippen molar-refractivity contribution in [3.63, 3.8) is 0 Å². The summed E-state index contributed by atoms with van der Waals surface area (Å²) in [5, 5.41) is 9.14. The van der Waals surface area contributed by atoms with Gasteiger partial charge in [0.15, 0.2) is 0 Å². The van der Waals surface area contributed by atoms with Crippen molar-refractivity contribution in [3.8, 4) is 0 Å². The molecular formula is C7H6ClO. The summed E-state index contributed by atoms with van der Waals surface area (Å²) in [5.74, 6) is 0. The number of benzene rings is 1. The van der Waals surface area contributed by atoms with Gasteiger partial charge in [0.05, 0.1) is 6.61 Å². The summed E-state index contributed by atoms with van der Waals surface area (Å²) in [7, 11) is 0. The Balaban J connectivity index is 2.88. The lowest BCUT2D eigenvalue weighted by atomic mass is 10.2. The molecule has 9 heavy (non-hydrogen) atoms. The standard InChI is InChI=1S/C7H6ClO/c8-7-3-1-6(5-9)2-4-7/h1-3,9H,5H2. The van der Waals surface area contributed by atoms with Gasteiger partial charge < -0.3 is 5.11 Å². The van der Waals surface area contributed by atoms with Crippen LogP contribution >= 0.6 is 11.6 Å². The normalized spacial score (nSPS) is 9.56. The second-order valence-corrected chi connectivity index (χ2v) is 2.11. The van der Waals surface area contributed by atoms with Crippen LogP contribution in [0.15, 0.2) is 18.2 Å². The van der Waals surface area contributed by atoms with E-state index in [-0.39, 0.29) is 6.61 Å². The fourth-order valence-corrected chi connectivity index (χ4v) is 0.654. The zero-order valence-electron chi connectivity index (χ0n) is 4.76. The number of hydrogen-bond donors (Lipinski definition) is 1. The van der Waals surface area contributed by atoms with E-state index in [1.54, 1.807) is 18.2 Å². The van der Waals surface area contributed by atoms with Gasteiger partial charge in [0.2, 0.25) is 0 Å². The van der Waals surface area contributed by atoms with Crippen LogP contribution in [0.5, 0.6) is 0 Å². The van der Waals surface area contributed by atoms with Crippen molar-refractivity contribution in [1.29, 1.82) is 0 Å². The minimum atomic E-state index is 0.0493. The molecule has 2 heteroatoms. The number of aliphatic hydroxyl groups is 1. The van der Waals surface area contributed by atoms with Gasteiger partial charge in [0.25, 0.3) is 0 Å². The maximum absolute atomic E-state index is 8.57. The molecular weight excluding hydrogens is 136 g/mol. The highest BCUT2D eigenvalue weighted by Crippen LogP contribution is 2.07. The molecule has 0 spiro atoms. The van der Waals surface area contributed by atoms with Crippen LogP contribution in [0.25, 0.3) is 0 Å². The van der Waals surface area contributed by atoms with Gasteiger partial charge in [0.1, 0.15) is 0 Å². The number of rotatable bonds is 1. The maximum atomic E-state index is 8.57. The molecule has 1 rings (SSSR count). The third-order valence-corrected chi connectivity index (χ3v) is 1.26. The van der Waals surface area contributed by atoms with Crippen molar-refractivity contribution in [3.05, 3.63) is 34.9 Å². The van der Waals surface area contributed by atoms with Crippen LogP contribution in [0, 0.1) is 6.07 Å². The molecule has 0 saturated carbocycles. The van der Waals surface area contributed by atoms with Crippen LogP contribution in [0.3, 0.4) is 0 Å². The van der Waals surface area contributed by atoms with E-state index < -0.39 is 0 Å². The Morgan fingerprint density at radius 1 is 1.56 bits per heavy atom. The van der Waals surface area contributed by atoms with Crippen molar-refractivity contribution in [1.82, 2.24) is 0 Å². The molecule has 47 valence electrons. The fourth-order valence-electron chi connectivity index (χ4n) is 0.536. The molecule has 1 aromatic rings. The Morgan fingerprint density at radius 2 is 2.33 bits per heavy atom. The molecule has 0 aromatic heterocycles. The van der Waals surface area contributed by atoms with Gasteiger partial charge in [0, 0.05) is 11.1 Å². The minimum absolute atomic E-state index is 0.0493. The van der Waals surface area contributed by atoms with Gasteiger partial charge in [-0.2, -0.15) is 0 Å². The molecule has 0 bridgehead atoms. The van der Waals surface area contributed by atoms with Gasteiger partial charge in [-0.05, 0) is 17.7 Å². The molecule has 1 N–H and O–H groups in total. The van der Waals surface area contributed by atoms with Gasteiger partial charge in [-0.3, -0.25) is 0 Å². The van der Waals surface area contributed by atoms with Crippen LogP contribution < -0.4 is 0 Å². The largest absolute Gasteiger partial charge is 0.392 e. The van der Waals surface area contributed by atoms with Gasteiger partial charge in [-0.1, -0.05) is 17.7 Å². The van der Waals surface area contributed by atoms with Crippen molar-refractivity contribution in [2.45, 2.75) is 6.61 Å². The third-order valence-electron chi connectivity index (χ3n) is 1.02. The SMILES string of the molecule is OCc1c[c]c(Cl)cc1. The van der Waals surface area contributed by atoms with Crippen LogP contribution in [0.2, 0.25) is 5.02 Å². The second-order valence-electron chi connectivity index (χ2n) is 1.70. The monoisotopic (exact) mass is 141 g/mol. The number of hydrogen-bond acceptors (Lipinski definition) is 1. The lowest BCUT2D eigenvalue weighted by Gasteiger charge is -1.92. The van der Waals surface area contributed by atoms with E-state index in [4.69, 9.17) is 16.7 Å². The first kappa shape index (κ1) is 6.59. The first-order valence-corrected chi connectivity index (χ1v) is 2.97. The van der Waals surface area contributed by atoms with E-state index in [0.29, 0.717) is 5.02 Å². The maximum Gasteiger partial charge on any atom is 0.0682 e. The first-order valence-electron chi connectivity index (χ1n) is 2.60. The van der Waals surface area contributed by atoms with Gasteiger partial charge >= 0.3 is 0 Å². The molecule has 0 amide bonds. The molecule has 0 aliphatic rings. The highest BCUT2D eigenvalue weighted by molar-refractivity contribution is 6.30. The highest BCUT2D eigenvalue weighted by Gasteiger charge is 1.87. The lowest BCUT2D eigenvalue weighted by molar-refractivity contribution is 0.282. The summed E-state index contributed by atoms with van der Waals surface area (Å²) < 4.78 is 0. The van der Waals surface area contributed by atoms with Crippen molar-refractivity contribution < 1.29 is 5.11 Å². The van der Waals surface area contributed by atoms with Gasteiger partial charge in [-0.25, -0.2) is 0 Å². The summed E-state index contributed by atoms with van der Waals surface area (Å²) in [5.41, 5.74) is 0.833. The molecule has 1 radical (unpaired) electrons. The first-order chi connectivity index (χ1) is 4.33. The van der Waals surface area contributed by atoms with Crippen molar-refractivity contribution >= 4 is 11.6 Å². The molecule has 0 aliphatic heterocycles. The zero-order valence-corrected chi connectivity index (χ0v) is 5.52. The Labute approximate surface area is 58.9 Å². The van der Waals surface area contributed by atoms with Crippen LogP contribution in [0.1, 0.15) is 5.56 Å². The van der Waals surface area contributed by atoms with Gasteiger partial charge in [-0.15, -0.1) is 0 Å². The van der Waals surface area contributed by atoms with Crippen LogP contribution in [-0.2, 0) is 6.61 Å². The quantitative estimate of drug-likeness (QED) is 0.631. The molecule has 0 saturated heterocycles. The van der Waals surface area contributed by atoms with Crippen molar-refractivity contribution in [2.24, 2.45) is 0 Å². The van der Waals surface area contributed by atoms with E-state index in [2.05, 4.69) is 6.07 Å². The highest BCUT2D eigenvalue weighted by atomic mass is 35.5. The molecule has 0 aliphatic carbocycles. The number of aliphatic hydroxyl groups excluding tert-OH is 1. The molecule has 1 nitrogen and oxygen atoms in total. The predicted octanol–water partition coefficient (Wildman–Crippen LogP) is 1.63. The van der Waals surface area contributed by atoms with E-state index in [0.717, 1.165) is 5.56 Å². The predicted molar refractivity (Wildman–Crippen MR) is 36.2 cm³/mol. The van der Waals surface area contributed by atoms with Crippen LogP contribution in [0.4, 0.5) is 0 Å². The third kappa shape index (κ3) is 1.70. The summed E-state index contributed by atoms with van der Waals surface area (Å²) in [6.07, 6.45) is 0. The Kier molecular flexibility index (Phi) is 2.09. The summed E-state index contributed by atoms with van der Waals surface area (Å²) in [6, 6.07) is 7.89. The minimum Gasteiger partial charge on any atom is -0.392 e. The Hall–Kier alpha value is -0.530. The summed E-state index contributed by atoms with van der Waals surface area (Å²) >= 11 is 5.53. The molecule has 0 fully saturated rings. The molecule has 1 aromatic carbocycles. The average molecular weight is 142 g/mol. The smallest absolute Gasteiger partial charge is 0.0682 e. The molecule has 0 atom stereocenters. The molecule has 0 heterocycles. The molecule has 0 unspecified atom stereocenters. The van der Waals surface area contributed by atoms with E-state index in [1.165, 1.54) is 0 Å². The fraction of sp³-hybridized carbons (Fsp3) is 0.143. The second kappa shape index (κ2) is 2.85. The average Bonchev–Trinajstić information content (AvgIpc) is 1.90. The van der Waals surface area contributed by atoms with Crippen LogP contribution in [-0.4, -0.2) is 5.11 Å². The summed E-state index contributed by atoms with van der Waals surface area (Å²) in [6.45, 7) is 0.0493. The zero-order chi connectivity index (χ0) is 6.69.